The topological polar surface area (TPSA) is 15.3 Å². The van der Waals surface area contributed by atoms with Crippen LogP contribution in [0.2, 0.25) is 0 Å². The lowest BCUT2D eigenvalue weighted by atomic mass is 9.81. The van der Waals surface area contributed by atoms with Gasteiger partial charge in [0, 0.05) is 89.2 Å². The van der Waals surface area contributed by atoms with Gasteiger partial charge in [0.25, 0.3) is 0 Å². The molecule has 4 aliphatic rings. The number of halogens is 1. The molecule has 0 unspecified atom stereocenters. The molecule has 0 saturated heterocycles. The molecule has 496 valence electrons. The monoisotopic (exact) mass is 1410 g/mol. The highest BCUT2D eigenvalue weighted by Crippen LogP contribution is 2.58. The van der Waals surface area contributed by atoms with E-state index in [1.807, 2.05) is 22.7 Å². The Kier molecular flexibility index (Phi) is 15.7. The van der Waals surface area contributed by atoms with Crippen molar-refractivity contribution in [2.24, 2.45) is 0 Å². The van der Waals surface area contributed by atoms with E-state index >= 15 is 0 Å². The largest absolute Gasteiger partial charge is 0.355 e. The van der Waals surface area contributed by atoms with Gasteiger partial charge in [0.15, 0.2) is 0 Å². The Morgan fingerprint density at radius 3 is 1.26 bits per heavy atom. The van der Waals surface area contributed by atoms with Crippen LogP contribution in [0.1, 0.15) is 107 Å². The summed E-state index contributed by atoms with van der Waals surface area (Å²) >= 11 is 7.30. The van der Waals surface area contributed by atoms with Crippen LogP contribution in [0.5, 0.6) is 0 Å². The summed E-state index contributed by atoms with van der Waals surface area (Å²) in [5.41, 5.74) is 32.7. The highest BCUT2D eigenvalue weighted by atomic mass is 79.9. The maximum absolute atomic E-state index is 3.79. The van der Waals surface area contributed by atoms with Crippen LogP contribution < -0.4 is 10.2 Å². The zero-order chi connectivity index (χ0) is 68.7. The number of anilines is 5. The first-order chi connectivity index (χ1) is 49.0. The number of fused-ring (bicyclic) bond motifs is 18. The summed E-state index contributed by atoms with van der Waals surface area (Å²) in [6.45, 7) is 18.8. The van der Waals surface area contributed by atoms with E-state index in [9.17, 15) is 0 Å². The van der Waals surface area contributed by atoms with Gasteiger partial charge in [0.1, 0.15) is 0 Å². The van der Waals surface area contributed by atoms with Gasteiger partial charge in [0.05, 0.1) is 5.69 Å². The molecule has 2 heterocycles. The van der Waals surface area contributed by atoms with E-state index < -0.39 is 0 Å². The van der Waals surface area contributed by atoms with Crippen LogP contribution in [0.15, 0.2) is 308 Å². The Morgan fingerprint density at radius 1 is 0.294 bits per heavy atom. The summed E-state index contributed by atoms with van der Waals surface area (Å²) in [5.74, 6) is 0. The van der Waals surface area contributed by atoms with Crippen LogP contribution in [0.4, 0.5) is 28.4 Å². The number of hydrogen-bond acceptors (Lipinski definition) is 4. The lowest BCUT2D eigenvalue weighted by molar-refractivity contribution is 0.660. The summed E-state index contributed by atoms with van der Waals surface area (Å²) in [7, 11) is 0. The second-order valence-electron chi connectivity index (χ2n) is 29.7. The first-order valence-corrected chi connectivity index (χ1v) is 37.7. The van der Waals surface area contributed by atoms with Crippen LogP contribution >= 0.6 is 38.6 Å². The molecule has 0 spiro atoms. The zero-order valence-electron chi connectivity index (χ0n) is 58.0. The molecule has 2 nitrogen and oxygen atoms in total. The maximum atomic E-state index is 3.79. The van der Waals surface area contributed by atoms with Crippen LogP contribution in [0.3, 0.4) is 0 Å². The molecule has 0 atom stereocenters. The van der Waals surface area contributed by atoms with Gasteiger partial charge >= 0.3 is 0 Å². The maximum Gasteiger partial charge on any atom is 0.0508 e. The van der Waals surface area contributed by atoms with E-state index in [1.165, 1.54) is 169 Å². The lowest BCUT2D eigenvalue weighted by Gasteiger charge is -2.33. The molecule has 102 heavy (non-hydrogen) atoms. The molecule has 14 aromatic carbocycles. The van der Waals surface area contributed by atoms with E-state index in [4.69, 9.17) is 0 Å². The van der Waals surface area contributed by atoms with Gasteiger partial charge in [-0.2, -0.15) is 0 Å². The lowest BCUT2D eigenvalue weighted by Crippen LogP contribution is -2.21. The second-order valence-corrected chi connectivity index (χ2v) is 32.8. The summed E-state index contributed by atoms with van der Waals surface area (Å²) in [5, 5.41) is 9.13. The molecule has 0 saturated carbocycles. The molecule has 0 fully saturated rings. The van der Waals surface area contributed by atoms with Gasteiger partial charge in [-0.15, -0.1) is 22.7 Å². The fourth-order valence-electron chi connectivity index (χ4n) is 17.7. The average Bonchev–Trinajstić information content (AvgIpc) is 1.56. The first-order valence-electron chi connectivity index (χ1n) is 35.2. The number of benzene rings is 14. The summed E-state index contributed by atoms with van der Waals surface area (Å²) < 4.78 is 6.48. The van der Waals surface area contributed by atoms with Crippen molar-refractivity contribution in [2.45, 2.75) is 84.5 Å². The van der Waals surface area contributed by atoms with E-state index in [1.54, 1.807) is 0 Å². The van der Waals surface area contributed by atoms with Crippen molar-refractivity contribution in [1.82, 2.24) is 0 Å². The van der Waals surface area contributed by atoms with Gasteiger partial charge in [-0.3, -0.25) is 0 Å². The Labute approximate surface area is 616 Å². The minimum Gasteiger partial charge on any atom is -0.355 e. The van der Waals surface area contributed by atoms with Crippen molar-refractivity contribution < 1.29 is 0 Å². The van der Waals surface area contributed by atoms with E-state index in [2.05, 4.69) is 385 Å². The summed E-state index contributed by atoms with van der Waals surface area (Å²) in [4.78, 5) is 2.52. The Balaban J connectivity index is 0.000000128. The van der Waals surface area contributed by atoms with Crippen LogP contribution in [0, 0.1) is 0 Å². The van der Waals surface area contributed by atoms with Crippen molar-refractivity contribution in [3.8, 4) is 66.8 Å². The minimum absolute atomic E-state index is 0. The van der Waals surface area contributed by atoms with E-state index in [0.29, 0.717) is 0 Å². The zero-order valence-corrected chi connectivity index (χ0v) is 61.2. The molecule has 0 amide bonds. The Hall–Kier alpha value is -10.4. The van der Waals surface area contributed by atoms with Crippen molar-refractivity contribution in [1.29, 1.82) is 0 Å². The molecule has 16 aromatic rings. The second kappa shape index (κ2) is 24.7. The molecular formula is C97H79BrN2S2. The minimum atomic E-state index is -0.162. The standard InChI is InChI=1S/C48H37NS.C33H25NS.C15H13Br.CH4/c1-47(2)39-21-8-6-17-35(39)38-29-32(26-27-41(38)47)49(42-23-12-20-36-34-16-5-9-22-40(34)48(3,4)46(36)42)31-15-11-14-30(28-31)33-19-13-25-44-45(33)37-18-7-10-24-43(37)50-44;1-33(2)27-16-5-3-12-24(27)25-15-8-17-28(32(25)33)34-22-11-7-10-21(20-22)23-14-9-19-30-31(23)26-13-4-6-18-29(26)35-30;1-15(2)13-6-4-3-5-11(13)12-9-10(16)7-8-14(12)15;/h5-29H,1-4H3;3-20,34H,1-2H3;3-9H,1-2H3;1H4. The highest BCUT2D eigenvalue weighted by molar-refractivity contribution is 9.10. The van der Waals surface area contributed by atoms with Gasteiger partial charge in [-0.05, 0) is 196 Å². The van der Waals surface area contributed by atoms with Crippen molar-refractivity contribution >= 4 is 107 Å². The quantitative estimate of drug-likeness (QED) is 0.171. The number of thiophene rings is 2. The molecule has 5 heteroatoms. The van der Waals surface area contributed by atoms with Gasteiger partial charge in [0.2, 0.25) is 0 Å². The normalized spacial score (nSPS) is 14.4. The van der Waals surface area contributed by atoms with E-state index in [-0.39, 0.29) is 29.1 Å². The summed E-state index contributed by atoms with van der Waals surface area (Å²) in [6, 6.07) is 112. The van der Waals surface area contributed by atoms with Crippen LogP contribution in [-0.4, -0.2) is 0 Å². The van der Waals surface area contributed by atoms with E-state index in [0.717, 1.165) is 15.8 Å². The third-order valence-corrected chi connectivity index (χ3v) is 25.2. The number of nitrogens with one attached hydrogen (secondary N) is 1. The first kappa shape index (κ1) is 64.9. The molecule has 4 aliphatic carbocycles. The number of hydrogen-bond donors (Lipinski definition) is 1. The smallest absolute Gasteiger partial charge is 0.0508 e. The molecule has 2 aromatic heterocycles. The molecular weight excluding hydrogens is 1340 g/mol. The fraction of sp³-hybridized carbons (Fsp3) is 0.134. The molecule has 0 radical (unpaired) electrons. The van der Waals surface area contributed by atoms with Crippen molar-refractivity contribution in [3.63, 3.8) is 0 Å². The third kappa shape index (κ3) is 10.3. The average molecular weight is 1420 g/mol. The SMILES string of the molecule is C.CC1(C)c2ccccc2-c2cc(Br)ccc21.CC1(C)c2ccccc2-c2cc(N(c3cccc(-c4cccc5sc6ccccc6c45)c3)c3cccc4c3C(C)(C)c3ccccc3-4)ccc21.CC1(C)c2ccccc2-c2cccc(Nc3cccc(-c4cccc5sc6ccccc6c45)c3)c21. The fourth-order valence-corrected chi connectivity index (χ4v) is 20.3. The summed E-state index contributed by atoms with van der Waals surface area (Å²) in [6.07, 6.45) is 0. The van der Waals surface area contributed by atoms with Crippen LogP contribution in [0.25, 0.3) is 107 Å². The van der Waals surface area contributed by atoms with Crippen LogP contribution in [-0.2, 0) is 21.7 Å². The molecule has 20 rings (SSSR count). The predicted octanol–water partition coefficient (Wildman–Crippen LogP) is 29.0. The Bertz CT molecular complexity index is 6050. The molecule has 1 N–H and O–H groups in total. The van der Waals surface area contributed by atoms with Gasteiger partial charge in [-0.1, -0.05) is 297 Å². The third-order valence-electron chi connectivity index (χ3n) is 22.4. The van der Waals surface area contributed by atoms with Gasteiger partial charge in [-0.25, -0.2) is 0 Å². The predicted molar refractivity (Wildman–Crippen MR) is 445 cm³/mol. The number of nitrogens with zero attached hydrogens (tertiary/aromatic N) is 1. The van der Waals surface area contributed by atoms with Crippen molar-refractivity contribution in [3.05, 3.63) is 352 Å². The molecule has 0 bridgehead atoms. The number of rotatable bonds is 7. The Morgan fingerprint density at radius 2 is 0.686 bits per heavy atom. The van der Waals surface area contributed by atoms with Crippen molar-refractivity contribution in [2.75, 3.05) is 10.2 Å². The van der Waals surface area contributed by atoms with Gasteiger partial charge < -0.3 is 10.2 Å². The molecule has 0 aliphatic heterocycles. The highest BCUT2D eigenvalue weighted by Gasteiger charge is 2.41.